The summed E-state index contributed by atoms with van der Waals surface area (Å²) in [5.74, 6) is -0.890. The van der Waals surface area contributed by atoms with Gasteiger partial charge in [-0.25, -0.2) is 4.98 Å². The highest BCUT2D eigenvalue weighted by atomic mass is 35.5. The molecule has 5 nitrogen and oxygen atoms in total. The molecule has 0 saturated carbocycles. The van der Waals surface area contributed by atoms with Crippen LogP contribution < -0.4 is 5.32 Å². The molecule has 0 unspecified atom stereocenters. The van der Waals surface area contributed by atoms with E-state index in [1.165, 1.54) is 18.9 Å². The summed E-state index contributed by atoms with van der Waals surface area (Å²) in [4.78, 5) is 28.3. The van der Waals surface area contributed by atoms with Crippen LogP contribution in [0.25, 0.3) is 0 Å². The van der Waals surface area contributed by atoms with Crippen LogP contribution in [-0.2, 0) is 9.53 Å². The van der Waals surface area contributed by atoms with Crippen LogP contribution in [0.15, 0.2) is 52.5 Å². The summed E-state index contributed by atoms with van der Waals surface area (Å²) in [7, 11) is 1.26. The average Bonchev–Trinajstić information content (AvgIpc) is 2.55. The van der Waals surface area contributed by atoms with Gasteiger partial charge in [0.05, 0.1) is 12.7 Å². The summed E-state index contributed by atoms with van der Waals surface area (Å²) in [5, 5.41) is 3.69. The summed E-state index contributed by atoms with van der Waals surface area (Å²) in [6, 6.07) is 10.5. The standard InChI is InChI=1S/C15H13ClN2O3S/c1-21-13(19)9-18-14(20)12-3-2-8-17-15(12)22-11-6-4-10(16)5-7-11/h2-8H,9H2,1H3,(H,18,20). The molecule has 7 heteroatoms. The number of carbonyl (C=O) groups is 2. The molecule has 0 spiro atoms. The van der Waals surface area contributed by atoms with Gasteiger partial charge in [0, 0.05) is 16.1 Å². The van der Waals surface area contributed by atoms with Crippen molar-refractivity contribution in [2.45, 2.75) is 9.92 Å². The van der Waals surface area contributed by atoms with Crippen LogP contribution in [0.2, 0.25) is 5.02 Å². The first-order chi connectivity index (χ1) is 10.6. The molecule has 0 atom stereocenters. The van der Waals surface area contributed by atoms with Gasteiger partial charge >= 0.3 is 5.97 Å². The first-order valence-corrected chi connectivity index (χ1v) is 7.53. The molecule has 0 aliphatic heterocycles. The van der Waals surface area contributed by atoms with Gasteiger partial charge in [-0.2, -0.15) is 0 Å². The number of hydrogen-bond donors (Lipinski definition) is 1. The molecule has 0 saturated heterocycles. The maximum absolute atomic E-state index is 12.1. The third kappa shape index (κ3) is 4.47. The minimum Gasteiger partial charge on any atom is -0.468 e. The molecular weight excluding hydrogens is 324 g/mol. The Labute approximate surface area is 137 Å². The number of methoxy groups -OCH3 is 1. The summed E-state index contributed by atoms with van der Waals surface area (Å²) in [6.07, 6.45) is 1.61. The number of amides is 1. The molecular formula is C15H13ClN2O3S. The summed E-state index contributed by atoms with van der Waals surface area (Å²) < 4.78 is 4.49. The number of ether oxygens (including phenoxy) is 1. The Bertz CT molecular complexity index is 677. The van der Waals surface area contributed by atoms with Gasteiger partial charge in [0.1, 0.15) is 11.6 Å². The highest BCUT2D eigenvalue weighted by Crippen LogP contribution is 2.29. The van der Waals surface area contributed by atoms with Gasteiger partial charge in [-0.1, -0.05) is 23.4 Å². The lowest BCUT2D eigenvalue weighted by Crippen LogP contribution is -2.30. The Morgan fingerprint density at radius 3 is 2.68 bits per heavy atom. The van der Waals surface area contributed by atoms with E-state index in [0.717, 1.165) is 4.90 Å². The summed E-state index contributed by atoms with van der Waals surface area (Å²) in [5.41, 5.74) is 0.395. The van der Waals surface area contributed by atoms with E-state index in [1.54, 1.807) is 30.5 Å². The van der Waals surface area contributed by atoms with Gasteiger partial charge < -0.3 is 10.1 Å². The van der Waals surface area contributed by atoms with Gasteiger partial charge in [-0.05, 0) is 36.4 Å². The Kier molecular flexibility index (Phi) is 5.80. The van der Waals surface area contributed by atoms with E-state index in [2.05, 4.69) is 15.0 Å². The van der Waals surface area contributed by atoms with Crippen LogP contribution >= 0.6 is 23.4 Å². The first kappa shape index (κ1) is 16.3. The Balaban J connectivity index is 2.14. The minimum absolute atomic E-state index is 0.185. The van der Waals surface area contributed by atoms with Gasteiger partial charge in [0.15, 0.2) is 0 Å². The van der Waals surface area contributed by atoms with Gasteiger partial charge in [0.2, 0.25) is 0 Å². The number of esters is 1. The van der Waals surface area contributed by atoms with Crippen LogP contribution in [0.3, 0.4) is 0 Å². The van der Waals surface area contributed by atoms with Crippen molar-refractivity contribution in [2.75, 3.05) is 13.7 Å². The summed E-state index contributed by atoms with van der Waals surface area (Å²) in [6.45, 7) is -0.185. The molecule has 22 heavy (non-hydrogen) atoms. The number of aromatic nitrogens is 1. The fraction of sp³-hybridized carbons (Fsp3) is 0.133. The highest BCUT2D eigenvalue weighted by Gasteiger charge is 2.14. The minimum atomic E-state index is -0.510. The van der Waals surface area contributed by atoms with E-state index in [9.17, 15) is 9.59 Å². The quantitative estimate of drug-likeness (QED) is 0.850. The molecule has 1 aromatic carbocycles. The maximum Gasteiger partial charge on any atom is 0.325 e. The fourth-order valence-electron chi connectivity index (χ4n) is 1.58. The second kappa shape index (κ2) is 7.82. The predicted octanol–water partition coefficient (Wildman–Crippen LogP) is 2.79. The topological polar surface area (TPSA) is 68.3 Å². The SMILES string of the molecule is COC(=O)CNC(=O)c1cccnc1Sc1ccc(Cl)cc1. The van der Waals surface area contributed by atoms with Crippen molar-refractivity contribution in [3.8, 4) is 0 Å². The van der Waals surface area contributed by atoms with E-state index in [1.807, 2.05) is 12.1 Å². The zero-order chi connectivity index (χ0) is 15.9. The third-order valence-corrected chi connectivity index (χ3v) is 3.94. The predicted molar refractivity (Wildman–Crippen MR) is 84.2 cm³/mol. The molecule has 2 rings (SSSR count). The van der Waals surface area contributed by atoms with Crippen molar-refractivity contribution >= 4 is 35.2 Å². The molecule has 0 aliphatic carbocycles. The lowest BCUT2D eigenvalue weighted by Gasteiger charge is -2.08. The molecule has 0 fully saturated rings. The molecule has 1 amide bonds. The smallest absolute Gasteiger partial charge is 0.325 e. The number of nitrogens with zero attached hydrogens (tertiary/aromatic N) is 1. The molecule has 1 N–H and O–H groups in total. The lowest BCUT2D eigenvalue weighted by molar-refractivity contribution is -0.139. The van der Waals surface area contributed by atoms with E-state index < -0.39 is 5.97 Å². The van der Waals surface area contributed by atoms with Crippen molar-refractivity contribution in [3.63, 3.8) is 0 Å². The van der Waals surface area contributed by atoms with E-state index in [0.29, 0.717) is 15.6 Å². The van der Waals surface area contributed by atoms with E-state index in [-0.39, 0.29) is 12.5 Å². The average molecular weight is 337 g/mol. The number of halogens is 1. The van der Waals surface area contributed by atoms with E-state index in [4.69, 9.17) is 11.6 Å². The van der Waals surface area contributed by atoms with Crippen molar-refractivity contribution in [1.29, 1.82) is 0 Å². The first-order valence-electron chi connectivity index (χ1n) is 6.33. The Morgan fingerprint density at radius 1 is 1.27 bits per heavy atom. The monoisotopic (exact) mass is 336 g/mol. The largest absolute Gasteiger partial charge is 0.468 e. The normalized spacial score (nSPS) is 10.1. The number of rotatable bonds is 5. The van der Waals surface area contributed by atoms with Crippen LogP contribution in [0.1, 0.15) is 10.4 Å². The lowest BCUT2D eigenvalue weighted by atomic mass is 10.2. The maximum atomic E-state index is 12.1. The van der Waals surface area contributed by atoms with Crippen LogP contribution in [0, 0.1) is 0 Å². The van der Waals surface area contributed by atoms with Gasteiger partial charge in [0.25, 0.3) is 5.91 Å². The van der Waals surface area contributed by atoms with Crippen LogP contribution in [0.5, 0.6) is 0 Å². The number of benzene rings is 1. The van der Waals surface area contributed by atoms with Crippen molar-refractivity contribution in [3.05, 3.63) is 53.2 Å². The molecule has 1 heterocycles. The van der Waals surface area contributed by atoms with Crippen LogP contribution in [0.4, 0.5) is 0 Å². The fourth-order valence-corrected chi connectivity index (χ4v) is 2.58. The van der Waals surface area contributed by atoms with Gasteiger partial charge in [-0.15, -0.1) is 0 Å². The second-order valence-electron chi connectivity index (χ2n) is 4.17. The van der Waals surface area contributed by atoms with Crippen molar-refractivity contribution in [2.24, 2.45) is 0 Å². The highest BCUT2D eigenvalue weighted by molar-refractivity contribution is 7.99. The Hall–Kier alpha value is -2.05. The second-order valence-corrected chi connectivity index (χ2v) is 5.67. The number of pyridine rings is 1. The van der Waals surface area contributed by atoms with Crippen molar-refractivity contribution in [1.82, 2.24) is 10.3 Å². The molecule has 114 valence electrons. The molecule has 0 aliphatic rings. The van der Waals surface area contributed by atoms with E-state index >= 15 is 0 Å². The Morgan fingerprint density at radius 2 is 2.00 bits per heavy atom. The zero-order valence-corrected chi connectivity index (χ0v) is 13.3. The number of carbonyl (C=O) groups excluding carboxylic acids is 2. The molecule has 0 bridgehead atoms. The van der Waals surface area contributed by atoms with Crippen LogP contribution in [-0.4, -0.2) is 30.5 Å². The number of hydrogen-bond acceptors (Lipinski definition) is 5. The zero-order valence-electron chi connectivity index (χ0n) is 11.7. The molecule has 1 aromatic heterocycles. The molecule has 2 aromatic rings. The number of nitrogens with one attached hydrogen (secondary N) is 1. The molecule has 0 radical (unpaired) electrons. The van der Waals surface area contributed by atoms with Crippen molar-refractivity contribution < 1.29 is 14.3 Å². The van der Waals surface area contributed by atoms with Gasteiger partial charge in [-0.3, -0.25) is 9.59 Å². The summed E-state index contributed by atoms with van der Waals surface area (Å²) >= 11 is 7.19. The third-order valence-electron chi connectivity index (χ3n) is 2.66.